The van der Waals surface area contributed by atoms with Crippen LogP contribution in [0.3, 0.4) is 0 Å². The predicted octanol–water partition coefficient (Wildman–Crippen LogP) is 4.38. The minimum atomic E-state index is -0.510. The van der Waals surface area contributed by atoms with E-state index in [1.807, 2.05) is 18.2 Å². The molecule has 7 heteroatoms. The number of amides is 1. The number of hydrogen-bond donors (Lipinski definition) is 1. The Bertz CT molecular complexity index is 1230. The number of nitrogens with zero attached hydrogens (tertiary/aromatic N) is 2. The molecular weight excluding hydrogens is 405 g/mol. The predicted molar refractivity (Wildman–Crippen MR) is 113 cm³/mol. The second-order valence-corrected chi connectivity index (χ2v) is 7.19. The Morgan fingerprint density at radius 3 is 2.53 bits per heavy atom. The van der Waals surface area contributed by atoms with Gasteiger partial charge in [-0.2, -0.15) is 0 Å². The van der Waals surface area contributed by atoms with Gasteiger partial charge >= 0.3 is 0 Å². The Hall–Kier alpha value is -3.51. The lowest BCUT2D eigenvalue weighted by Gasteiger charge is -2.10. The molecular formula is C23H17ClFN3O2. The van der Waals surface area contributed by atoms with Crippen LogP contribution in [-0.4, -0.2) is 21.2 Å². The highest BCUT2D eigenvalue weighted by atomic mass is 35.5. The molecule has 1 N–H and O–H groups in total. The van der Waals surface area contributed by atoms with E-state index in [0.717, 1.165) is 11.6 Å². The standard InChI is InChI=1S/C23H17ClFN3O2/c24-17-10-8-15(9-11-17)13-26-21(29)14-28-20-7-2-1-6-19(20)27-23(28)22(30)16-4-3-5-18(25)12-16/h1-12H,13-14H2,(H,26,29). The van der Waals surface area contributed by atoms with E-state index in [0.29, 0.717) is 22.6 Å². The van der Waals surface area contributed by atoms with Crippen molar-refractivity contribution < 1.29 is 14.0 Å². The zero-order valence-electron chi connectivity index (χ0n) is 15.8. The molecule has 1 aromatic heterocycles. The van der Waals surface area contributed by atoms with Crippen molar-refractivity contribution in [3.8, 4) is 0 Å². The molecule has 0 unspecified atom stereocenters. The van der Waals surface area contributed by atoms with Gasteiger partial charge in [0.25, 0.3) is 0 Å². The van der Waals surface area contributed by atoms with Crippen LogP contribution < -0.4 is 5.32 Å². The first-order valence-corrected chi connectivity index (χ1v) is 9.66. The van der Waals surface area contributed by atoms with Crippen molar-refractivity contribution in [2.45, 2.75) is 13.1 Å². The van der Waals surface area contributed by atoms with Gasteiger partial charge in [0.2, 0.25) is 11.7 Å². The molecule has 0 fully saturated rings. The van der Waals surface area contributed by atoms with Crippen molar-refractivity contribution in [1.82, 2.24) is 14.9 Å². The molecule has 30 heavy (non-hydrogen) atoms. The molecule has 0 aliphatic heterocycles. The van der Waals surface area contributed by atoms with E-state index in [1.165, 1.54) is 18.2 Å². The smallest absolute Gasteiger partial charge is 0.240 e. The molecule has 0 saturated carbocycles. The van der Waals surface area contributed by atoms with E-state index >= 15 is 0 Å². The number of benzene rings is 3. The average Bonchev–Trinajstić information content (AvgIpc) is 3.11. The van der Waals surface area contributed by atoms with Crippen molar-refractivity contribution >= 4 is 34.3 Å². The van der Waals surface area contributed by atoms with Gasteiger partial charge in [0.15, 0.2) is 5.82 Å². The normalized spacial score (nSPS) is 10.9. The second-order valence-electron chi connectivity index (χ2n) is 6.75. The number of aromatic nitrogens is 2. The monoisotopic (exact) mass is 421 g/mol. The van der Waals surface area contributed by atoms with Crippen LogP contribution in [-0.2, 0) is 17.9 Å². The van der Waals surface area contributed by atoms with E-state index in [4.69, 9.17) is 11.6 Å². The lowest BCUT2D eigenvalue weighted by atomic mass is 10.1. The summed E-state index contributed by atoms with van der Waals surface area (Å²) in [5.74, 6) is -1.15. The quantitative estimate of drug-likeness (QED) is 0.470. The van der Waals surface area contributed by atoms with Crippen LogP contribution in [0.2, 0.25) is 5.02 Å². The number of halogens is 2. The molecule has 3 aromatic carbocycles. The Morgan fingerprint density at radius 1 is 1.00 bits per heavy atom. The maximum atomic E-state index is 13.6. The molecule has 0 spiro atoms. The van der Waals surface area contributed by atoms with Gasteiger partial charge in [0, 0.05) is 17.1 Å². The van der Waals surface area contributed by atoms with E-state index in [1.54, 1.807) is 34.9 Å². The third kappa shape index (κ3) is 4.23. The molecule has 1 amide bonds. The Labute approximate surface area is 177 Å². The van der Waals surface area contributed by atoms with Crippen LogP contribution in [0.5, 0.6) is 0 Å². The number of imidazole rings is 1. The highest BCUT2D eigenvalue weighted by Gasteiger charge is 2.21. The first-order valence-electron chi connectivity index (χ1n) is 9.28. The Kier molecular flexibility index (Phi) is 5.59. The van der Waals surface area contributed by atoms with Gasteiger partial charge in [-0.1, -0.05) is 48.0 Å². The molecule has 0 aliphatic rings. The fourth-order valence-corrected chi connectivity index (χ4v) is 3.30. The van der Waals surface area contributed by atoms with E-state index in [9.17, 15) is 14.0 Å². The number of carbonyl (C=O) groups excluding carboxylic acids is 2. The Morgan fingerprint density at radius 2 is 1.77 bits per heavy atom. The van der Waals surface area contributed by atoms with Gasteiger partial charge in [-0.25, -0.2) is 9.37 Å². The minimum Gasteiger partial charge on any atom is -0.350 e. The fourth-order valence-electron chi connectivity index (χ4n) is 3.17. The summed E-state index contributed by atoms with van der Waals surface area (Å²) in [4.78, 5) is 30.0. The summed E-state index contributed by atoms with van der Waals surface area (Å²) in [5, 5.41) is 3.46. The van der Waals surface area contributed by atoms with E-state index < -0.39 is 11.6 Å². The highest BCUT2D eigenvalue weighted by molar-refractivity contribution is 6.30. The van der Waals surface area contributed by atoms with Gasteiger partial charge in [0.05, 0.1) is 11.0 Å². The molecule has 4 rings (SSSR count). The zero-order chi connectivity index (χ0) is 21.1. The number of fused-ring (bicyclic) bond motifs is 1. The number of para-hydroxylation sites is 2. The van der Waals surface area contributed by atoms with Crippen molar-refractivity contribution in [1.29, 1.82) is 0 Å². The molecule has 0 radical (unpaired) electrons. The molecule has 0 atom stereocenters. The number of nitrogens with one attached hydrogen (secondary N) is 1. The maximum Gasteiger partial charge on any atom is 0.240 e. The lowest BCUT2D eigenvalue weighted by molar-refractivity contribution is -0.121. The lowest BCUT2D eigenvalue weighted by Crippen LogP contribution is -2.28. The van der Waals surface area contributed by atoms with Crippen LogP contribution in [0.4, 0.5) is 4.39 Å². The summed E-state index contributed by atoms with van der Waals surface area (Å²) in [6, 6.07) is 19.7. The summed E-state index contributed by atoms with van der Waals surface area (Å²) in [6.07, 6.45) is 0. The molecule has 0 aliphatic carbocycles. The number of ketones is 1. The van der Waals surface area contributed by atoms with Crippen LogP contribution in [0.25, 0.3) is 11.0 Å². The van der Waals surface area contributed by atoms with Crippen molar-refractivity contribution in [3.63, 3.8) is 0 Å². The molecule has 150 valence electrons. The van der Waals surface area contributed by atoms with Crippen molar-refractivity contribution in [2.75, 3.05) is 0 Å². The summed E-state index contributed by atoms with van der Waals surface area (Å²) >= 11 is 5.88. The van der Waals surface area contributed by atoms with Gasteiger partial charge in [-0.15, -0.1) is 0 Å². The zero-order valence-corrected chi connectivity index (χ0v) is 16.6. The van der Waals surface area contributed by atoms with Crippen LogP contribution in [0.15, 0.2) is 72.8 Å². The third-order valence-corrected chi connectivity index (χ3v) is 4.90. The van der Waals surface area contributed by atoms with Gasteiger partial charge in [0.1, 0.15) is 12.4 Å². The van der Waals surface area contributed by atoms with Crippen molar-refractivity contribution in [3.05, 3.63) is 101 Å². The molecule has 5 nitrogen and oxygen atoms in total. The average molecular weight is 422 g/mol. The van der Waals surface area contributed by atoms with E-state index in [-0.39, 0.29) is 23.8 Å². The fraction of sp³-hybridized carbons (Fsp3) is 0.0870. The minimum absolute atomic E-state index is 0.0865. The van der Waals surface area contributed by atoms with Crippen LogP contribution in [0, 0.1) is 5.82 Å². The molecule has 1 heterocycles. The highest BCUT2D eigenvalue weighted by Crippen LogP contribution is 2.19. The van der Waals surface area contributed by atoms with Crippen LogP contribution >= 0.6 is 11.6 Å². The topological polar surface area (TPSA) is 64.0 Å². The number of carbonyl (C=O) groups is 2. The van der Waals surface area contributed by atoms with Crippen LogP contribution in [0.1, 0.15) is 21.7 Å². The molecule has 0 saturated heterocycles. The maximum absolute atomic E-state index is 13.6. The Balaban J connectivity index is 1.60. The second kappa shape index (κ2) is 8.47. The third-order valence-electron chi connectivity index (χ3n) is 4.65. The number of rotatable bonds is 6. The summed E-state index contributed by atoms with van der Waals surface area (Å²) in [5.41, 5.74) is 2.31. The number of hydrogen-bond acceptors (Lipinski definition) is 3. The largest absolute Gasteiger partial charge is 0.350 e. The van der Waals surface area contributed by atoms with Gasteiger partial charge in [-0.05, 0) is 42.0 Å². The molecule has 0 bridgehead atoms. The summed E-state index contributed by atoms with van der Waals surface area (Å²) in [7, 11) is 0. The van der Waals surface area contributed by atoms with Gasteiger partial charge < -0.3 is 9.88 Å². The first-order chi connectivity index (χ1) is 14.5. The van der Waals surface area contributed by atoms with E-state index in [2.05, 4.69) is 10.3 Å². The first kappa shape index (κ1) is 19.8. The summed E-state index contributed by atoms with van der Waals surface area (Å²) < 4.78 is 15.1. The summed E-state index contributed by atoms with van der Waals surface area (Å²) in [6.45, 7) is 0.236. The molecule has 4 aromatic rings. The van der Waals surface area contributed by atoms with Crippen molar-refractivity contribution in [2.24, 2.45) is 0 Å². The van der Waals surface area contributed by atoms with Gasteiger partial charge in [-0.3, -0.25) is 9.59 Å². The SMILES string of the molecule is O=C(Cn1c(C(=O)c2cccc(F)c2)nc2ccccc21)NCc1ccc(Cl)cc1.